The molecule has 0 saturated carbocycles. The maximum absolute atomic E-state index is 11.3. The van der Waals surface area contributed by atoms with Crippen LogP contribution in [-0.2, 0) is 11.8 Å². The third-order valence-corrected chi connectivity index (χ3v) is 2.16. The summed E-state index contributed by atoms with van der Waals surface area (Å²) in [5.74, 6) is -0.202. The fourth-order valence-electron chi connectivity index (χ4n) is 0.898. The molecule has 0 aromatic carbocycles. The van der Waals surface area contributed by atoms with Gasteiger partial charge >= 0.3 is 0 Å². The fourth-order valence-corrected chi connectivity index (χ4v) is 1.14. The number of nitrogens with zero attached hydrogens (tertiary/aromatic N) is 2. The van der Waals surface area contributed by atoms with Crippen LogP contribution in [-0.4, -0.2) is 29.3 Å². The second-order valence-electron chi connectivity index (χ2n) is 2.83. The minimum Gasteiger partial charge on any atom is -0.373 e. The van der Waals surface area contributed by atoms with Gasteiger partial charge in [0.25, 0.3) is 5.56 Å². The minimum absolute atomic E-state index is 0.0244. The first-order chi connectivity index (χ1) is 7.06. The Morgan fingerprint density at radius 3 is 2.93 bits per heavy atom. The van der Waals surface area contributed by atoms with Crippen LogP contribution < -0.4 is 16.2 Å². The highest BCUT2D eigenvalue weighted by molar-refractivity contribution is 6.33. The van der Waals surface area contributed by atoms with Gasteiger partial charge in [-0.2, -0.15) is 5.10 Å². The van der Waals surface area contributed by atoms with Gasteiger partial charge in [-0.25, -0.2) is 4.68 Å². The summed E-state index contributed by atoms with van der Waals surface area (Å²) >= 11 is 5.76. The van der Waals surface area contributed by atoms with Gasteiger partial charge in [0.05, 0.1) is 18.4 Å². The summed E-state index contributed by atoms with van der Waals surface area (Å²) in [5, 5.41) is 8.94. The Morgan fingerprint density at radius 1 is 1.67 bits per heavy atom. The molecule has 0 fully saturated rings. The van der Waals surface area contributed by atoms with Gasteiger partial charge in [-0.15, -0.1) is 0 Å². The van der Waals surface area contributed by atoms with E-state index in [1.54, 1.807) is 0 Å². The first kappa shape index (κ1) is 11.5. The van der Waals surface area contributed by atoms with E-state index in [2.05, 4.69) is 15.7 Å². The Balaban J connectivity index is 2.83. The zero-order valence-electron chi connectivity index (χ0n) is 8.37. The van der Waals surface area contributed by atoms with E-state index in [1.807, 2.05) is 0 Å². The average Bonchev–Trinajstić information content (AvgIpc) is 2.24. The molecule has 6 nitrogen and oxygen atoms in total. The number of anilines is 1. The minimum atomic E-state index is -0.404. The zero-order chi connectivity index (χ0) is 11.4. The van der Waals surface area contributed by atoms with Gasteiger partial charge < -0.3 is 10.6 Å². The lowest BCUT2D eigenvalue weighted by Gasteiger charge is -2.07. The van der Waals surface area contributed by atoms with E-state index in [1.165, 1.54) is 20.3 Å². The molecule has 0 aliphatic carbocycles. The van der Waals surface area contributed by atoms with Crippen molar-refractivity contribution >= 4 is 23.2 Å². The number of hydrogen-bond acceptors (Lipinski definition) is 4. The highest BCUT2D eigenvalue weighted by Crippen LogP contribution is 2.13. The summed E-state index contributed by atoms with van der Waals surface area (Å²) in [6, 6.07) is 0. The van der Waals surface area contributed by atoms with Crippen LogP contribution in [0.4, 0.5) is 5.69 Å². The van der Waals surface area contributed by atoms with Crippen LogP contribution in [0.5, 0.6) is 0 Å². The third-order valence-electron chi connectivity index (χ3n) is 1.80. The predicted octanol–water partition coefficient (Wildman–Crippen LogP) is -0.408. The number of carbonyl (C=O) groups excluding carboxylic acids is 1. The molecule has 2 N–H and O–H groups in total. The van der Waals surface area contributed by atoms with E-state index in [0.29, 0.717) is 5.69 Å². The number of amides is 1. The van der Waals surface area contributed by atoms with E-state index in [0.717, 1.165) is 4.68 Å². The Morgan fingerprint density at radius 2 is 2.33 bits per heavy atom. The third kappa shape index (κ3) is 2.69. The summed E-state index contributed by atoms with van der Waals surface area (Å²) < 4.78 is 1.12. The number of halogens is 1. The molecular weight excluding hydrogens is 220 g/mol. The second kappa shape index (κ2) is 4.79. The number of nitrogens with one attached hydrogen (secondary N) is 2. The second-order valence-corrected chi connectivity index (χ2v) is 3.21. The van der Waals surface area contributed by atoms with Crippen LogP contribution in [0.1, 0.15) is 0 Å². The van der Waals surface area contributed by atoms with Crippen molar-refractivity contribution in [2.45, 2.75) is 0 Å². The van der Waals surface area contributed by atoms with Crippen molar-refractivity contribution in [1.82, 2.24) is 15.1 Å². The summed E-state index contributed by atoms with van der Waals surface area (Å²) in [4.78, 5) is 22.3. The molecule has 0 aliphatic rings. The molecule has 82 valence electrons. The maximum Gasteiger partial charge on any atom is 0.287 e. The molecule has 1 amide bonds. The monoisotopic (exact) mass is 230 g/mol. The van der Waals surface area contributed by atoms with Crippen molar-refractivity contribution in [3.63, 3.8) is 0 Å². The Bertz CT molecular complexity index is 429. The highest BCUT2D eigenvalue weighted by Gasteiger charge is 2.07. The number of hydrogen-bond donors (Lipinski definition) is 2. The standard InChI is InChI=1S/C8H11ClN4O2/c1-10-6(14)4-11-5-3-12-13(2)8(15)7(5)9/h3,11H,4H2,1-2H3,(H,10,14). The van der Waals surface area contributed by atoms with Gasteiger partial charge in [0.1, 0.15) is 5.02 Å². The van der Waals surface area contributed by atoms with Gasteiger partial charge in [-0.1, -0.05) is 11.6 Å². The lowest BCUT2D eigenvalue weighted by molar-refractivity contribution is -0.118. The summed E-state index contributed by atoms with van der Waals surface area (Å²) in [6.45, 7) is 0.0467. The molecule has 1 rings (SSSR count). The molecule has 0 saturated heterocycles. The van der Waals surface area contributed by atoms with Gasteiger partial charge in [-0.3, -0.25) is 9.59 Å². The van der Waals surface area contributed by atoms with Gasteiger partial charge in [0.15, 0.2) is 0 Å². The van der Waals surface area contributed by atoms with Gasteiger partial charge in [0, 0.05) is 14.1 Å². The van der Waals surface area contributed by atoms with Crippen LogP contribution >= 0.6 is 11.6 Å². The largest absolute Gasteiger partial charge is 0.373 e. The van der Waals surface area contributed by atoms with E-state index >= 15 is 0 Å². The molecule has 0 spiro atoms. The molecule has 7 heteroatoms. The molecule has 15 heavy (non-hydrogen) atoms. The number of aromatic nitrogens is 2. The smallest absolute Gasteiger partial charge is 0.287 e. The number of likely N-dealkylation sites (N-methyl/N-ethyl adjacent to an activating group) is 1. The molecule has 0 aliphatic heterocycles. The molecular formula is C8H11ClN4O2. The van der Waals surface area contributed by atoms with Crippen molar-refractivity contribution in [3.8, 4) is 0 Å². The van der Waals surface area contributed by atoms with Crippen molar-refractivity contribution in [2.24, 2.45) is 7.05 Å². The highest BCUT2D eigenvalue weighted by atomic mass is 35.5. The van der Waals surface area contributed by atoms with E-state index in [9.17, 15) is 9.59 Å². The Labute approximate surface area is 91.2 Å². The normalized spacial score (nSPS) is 9.80. The number of carbonyl (C=O) groups is 1. The lowest BCUT2D eigenvalue weighted by Crippen LogP contribution is -2.27. The van der Waals surface area contributed by atoms with Crippen LogP contribution in [0, 0.1) is 0 Å². The molecule has 1 aromatic rings. The van der Waals surface area contributed by atoms with Crippen molar-refractivity contribution in [3.05, 3.63) is 21.6 Å². The quantitative estimate of drug-likeness (QED) is 0.740. The first-order valence-electron chi connectivity index (χ1n) is 4.22. The van der Waals surface area contributed by atoms with Crippen LogP contribution in [0.25, 0.3) is 0 Å². The zero-order valence-corrected chi connectivity index (χ0v) is 9.13. The first-order valence-corrected chi connectivity index (χ1v) is 4.60. The fraction of sp³-hybridized carbons (Fsp3) is 0.375. The molecule has 0 atom stereocenters. The van der Waals surface area contributed by atoms with E-state index < -0.39 is 5.56 Å². The van der Waals surface area contributed by atoms with Gasteiger partial charge in [-0.05, 0) is 0 Å². The molecule has 1 heterocycles. The predicted molar refractivity (Wildman–Crippen MR) is 57.0 cm³/mol. The molecule has 1 aromatic heterocycles. The molecule has 0 unspecified atom stereocenters. The van der Waals surface area contributed by atoms with E-state index in [-0.39, 0.29) is 17.5 Å². The van der Waals surface area contributed by atoms with Crippen molar-refractivity contribution in [2.75, 3.05) is 18.9 Å². The maximum atomic E-state index is 11.3. The number of rotatable bonds is 3. The Hall–Kier alpha value is -1.56. The van der Waals surface area contributed by atoms with Crippen molar-refractivity contribution < 1.29 is 4.79 Å². The van der Waals surface area contributed by atoms with Gasteiger partial charge in [0.2, 0.25) is 5.91 Å². The Kier molecular flexibility index (Phi) is 3.68. The SMILES string of the molecule is CNC(=O)CNc1cnn(C)c(=O)c1Cl. The molecule has 0 bridgehead atoms. The summed E-state index contributed by atoms with van der Waals surface area (Å²) in [5.41, 5.74) is -0.0538. The topological polar surface area (TPSA) is 76.0 Å². The van der Waals surface area contributed by atoms with Crippen LogP contribution in [0.2, 0.25) is 5.02 Å². The van der Waals surface area contributed by atoms with Crippen LogP contribution in [0.15, 0.2) is 11.0 Å². The lowest BCUT2D eigenvalue weighted by atomic mass is 10.4. The summed E-state index contributed by atoms with van der Waals surface area (Å²) in [6.07, 6.45) is 1.40. The van der Waals surface area contributed by atoms with Crippen LogP contribution in [0.3, 0.4) is 0 Å². The van der Waals surface area contributed by atoms with Crippen molar-refractivity contribution in [1.29, 1.82) is 0 Å². The molecule has 0 radical (unpaired) electrons. The van der Waals surface area contributed by atoms with E-state index in [4.69, 9.17) is 11.6 Å². The average molecular weight is 231 g/mol. The summed E-state index contributed by atoms with van der Waals surface area (Å²) in [7, 11) is 3.02. The number of aryl methyl sites for hydroxylation is 1.